The van der Waals surface area contributed by atoms with Gasteiger partial charge in [0.1, 0.15) is 0 Å². The summed E-state index contributed by atoms with van der Waals surface area (Å²) in [5, 5.41) is 9.45. The van der Waals surface area contributed by atoms with Gasteiger partial charge in [-0.1, -0.05) is 29.0 Å². The maximum absolute atomic E-state index is 12.5. The van der Waals surface area contributed by atoms with Gasteiger partial charge in [-0.3, -0.25) is 4.79 Å². The summed E-state index contributed by atoms with van der Waals surface area (Å²) in [4.78, 5) is 17.3. The third-order valence-corrected chi connectivity index (χ3v) is 4.98. The Kier molecular flexibility index (Phi) is 5.29. The van der Waals surface area contributed by atoms with Gasteiger partial charge in [-0.2, -0.15) is 10.3 Å². The molecule has 1 aromatic heterocycles. The SMILES string of the molecule is COCCn1c(=NC(=O)c2ccc(C#N)cc2)sc2cccc(Cl)c21. The van der Waals surface area contributed by atoms with Gasteiger partial charge in [0.05, 0.1) is 33.5 Å². The Hall–Kier alpha value is -2.46. The van der Waals surface area contributed by atoms with Gasteiger partial charge in [0, 0.05) is 19.2 Å². The molecular weight excluding hydrogens is 358 g/mol. The van der Waals surface area contributed by atoms with Crippen LogP contribution in [0.25, 0.3) is 10.2 Å². The van der Waals surface area contributed by atoms with Crippen LogP contribution in [0.3, 0.4) is 0 Å². The number of aromatic nitrogens is 1. The lowest BCUT2D eigenvalue weighted by atomic mass is 10.1. The van der Waals surface area contributed by atoms with E-state index in [0.29, 0.717) is 34.1 Å². The summed E-state index contributed by atoms with van der Waals surface area (Å²) in [6.07, 6.45) is 0. The molecule has 1 amide bonds. The largest absolute Gasteiger partial charge is 0.383 e. The molecule has 3 aromatic rings. The van der Waals surface area contributed by atoms with Crippen molar-refractivity contribution in [3.63, 3.8) is 0 Å². The van der Waals surface area contributed by atoms with Gasteiger partial charge < -0.3 is 9.30 Å². The highest BCUT2D eigenvalue weighted by Crippen LogP contribution is 2.25. The van der Waals surface area contributed by atoms with Crippen LogP contribution in [0.15, 0.2) is 47.5 Å². The third kappa shape index (κ3) is 3.64. The summed E-state index contributed by atoms with van der Waals surface area (Å²) in [6.45, 7) is 1.02. The smallest absolute Gasteiger partial charge is 0.279 e. The summed E-state index contributed by atoms with van der Waals surface area (Å²) in [5.41, 5.74) is 1.78. The molecule has 0 N–H and O–H groups in total. The monoisotopic (exact) mass is 371 g/mol. The van der Waals surface area contributed by atoms with E-state index in [1.807, 2.05) is 28.8 Å². The third-order valence-electron chi connectivity index (χ3n) is 3.63. The number of hydrogen-bond acceptors (Lipinski definition) is 4. The van der Waals surface area contributed by atoms with E-state index in [1.165, 1.54) is 11.3 Å². The molecule has 5 nitrogen and oxygen atoms in total. The number of carbonyl (C=O) groups excluding carboxylic acids is 1. The van der Waals surface area contributed by atoms with Crippen molar-refractivity contribution in [1.29, 1.82) is 5.26 Å². The fraction of sp³-hybridized carbons (Fsp3) is 0.167. The minimum absolute atomic E-state index is 0.363. The molecule has 0 unspecified atom stereocenters. The van der Waals surface area contributed by atoms with Crippen molar-refractivity contribution in [2.45, 2.75) is 6.54 Å². The van der Waals surface area contributed by atoms with Crippen LogP contribution in [0.5, 0.6) is 0 Å². The number of carbonyl (C=O) groups is 1. The van der Waals surface area contributed by atoms with Crippen LogP contribution in [-0.4, -0.2) is 24.2 Å². The van der Waals surface area contributed by atoms with Crippen molar-refractivity contribution >= 4 is 39.1 Å². The van der Waals surface area contributed by atoms with Crippen LogP contribution in [0.1, 0.15) is 15.9 Å². The number of ether oxygens (including phenoxy) is 1. The highest BCUT2D eigenvalue weighted by molar-refractivity contribution is 7.16. The predicted molar refractivity (Wildman–Crippen MR) is 97.8 cm³/mol. The van der Waals surface area contributed by atoms with Crippen LogP contribution < -0.4 is 4.80 Å². The Bertz CT molecular complexity index is 1030. The predicted octanol–water partition coefficient (Wildman–Crippen LogP) is 3.62. The zero-order chi connectivity index (χ0) is 17.8. The van der Waals surface area contributed by atoms with E-state index in [2.05, 4.69) is 4.99 Å². The van der Waals surface area contributed by atoms with Crippen molar-refractivity contribution in [3.05, 3.63) is 63.4 Å². The number of nitriles is 1. The van der Waals surface area contributed by atoms with Crippen LogP contribution in [-0.2, 0) is 11.3 Å². The first-order valence-electron chi connectivity index (χ1n) is 7.50. The number of nitrogens with zero attached hydrogens (tertiary/aromatic N) is 3. The second kappa shape index (κ2) is 7.62. The van der Waals surface area contributed by atoms with Crippen molar-refractivity contribution in [1.82, 2.24) is 4.57 Å². The maximum Gasteiger partial charge on any atom is 0.279 e. The molecule has 0 aliphatic rings. The molecular formula is C18H14ClN3O2S. The van der Waals surface area contributed by atoms with Gasteiger partial charge in [-0.15, -0.1) is 0 Å². The average Bonchev–Trinajstić information content (AvgIpc) is 2.98. The van der Waals surface area contributed by atoms with Gasteiger partial charge in [-0.25, -0.2) is 0 Å². The van der Waals surface area contributed by atoms with E-state index in [-0.39, 0.29) is 5.91 Å². The Balaban J connectivity index is 2.09. The molecule has 0 saturated carbocycles. The fourth-order valence-corrected chi connectivity index (χ4v) is 3.81. The van der Waals surface area contributed by atoms with E-state index in [4.69, 9.17) is 21.6 Å². The summed E-state index contributed by atoms with van der Waals surface area (Å²) in [6, 6.07) is 14.1. The average molecular weight is 372 g/mol. The quantitative estimate of drug-likeness (QED) is 0.703. The zero-order valence-electron chi connectivity index (χ0n) is 13.4. The lowest BCUT2D eigenvalue weighted by Gasteiger charge is -2.05. The number of fused-ring (bicyclic) bond motifs is 1. The van der Waals surface area contributed by atoms with Gasteiger partial charge in [0.15, 0.2) is 4.80 Å². The van der Waals surface area contributed by atoms with E-state index in [1.54, 1.807) is 31.4 Å². The van der Waals surface area contributed by atoms with Crippen molar-refractivity contribution in [2.75, 3.05) is 13.7 Å². The van der Waals surface area contributed by atoms with Gasteiger partial charge >= 0.3 is 0 Å². The molecule has 3 rings (SSSR count). The van der Waals surface area contributed by atoms with Crippen molar-refractivity contribution < 1.29 is 9.53 Å². The number of para-hydroxylation sites is 1. The first-order chi connectivity index (χ1) is 12.1. The van der Waals surface area contributed by atoms with Crippen LogP contribution in [0, 0.1) is 11.3 Å². The van der Waals surface area contributed by atoms with Gasteiger partial charge in [-0.05, 0) is 36.4 Å². The Labute approximate surface area is 153 Å². The molecule has 7 heteroatoms. The number of thiazole rings is 1. The Morgan fingerprint density at radius 2 is 2.08 bits per heavy atom. The van der Waals surface area contributed by atoms with E-state index >= 15 is 0 Å². The molecule has 0 saturated heterocycles. The molecule has 0 aliphatic carbocycles. The number of rotatable bonds is 4. The molecule has 0 bridgehead atoms. The lowest BCUT2D eigenvalue weighted by molar-refractivity contribution is 0.0997. The van der Waals surface area contributed by atoms with Crippen LogP contribution >= 0.6 is 22.9 Å². The lowest BCUT2D eigenvalue weighted by Crippen LogP contribution is -2.19. The molecule has 1 heterocycles. The van der Waals surface area contributed by atoms with Gasteiger partial charge in [0.25, 0.3) is 5.91 Å². The molecule has 0 fully saturated rings. The van der Waals surface area contributed by atoms with Crippen LogP contribution in [0.4, 0.5) is 0 Å². The van der Waals surface area contributed by atoms with Gasteiger partial charge in [0.2, 0.25) is 0 Å². The minimum atomic E-state index is -0.363. The molecule has 126 valence electrons. The zero-order valence-corrected chi connectivity index (χ0v) is 15.0. The van der Waals surface area contributed by atoms with E-state index < -0.39 is 0 Å². The Morgan fingerprint density at radius 3 is 2.76 bits per heavy atom. The molecule has 2 aromatic carbocycles. The minimum Gasteiger partial charge on any atom is -0.383 e. The maximum atomic E-state index is 12.5. The molecule has 0 atom stereocenters. The fourth-order valence-electron chi connectivity index (χ4n) is 2.40. The first-order valence-corrected chi connectivity index (χ1v) is 8.69. The standard InChI is InChI=1S/C18H14ClN3O2S/c1-24-10-9-22-16-14(19)3-2-4-15(16)25-18(22)21-17(23)13-7-5-12(11-20)6-8-13/h2-8H,9-10H2,1H3. The number of halogens is 1. The summed E-state index contributed by atoms with van der Waals surface area (Å²) < 4.78 is 8.01. The normalized spacial score (nSPS) is 11.6. The van der Waals surface area contributed by atoms with Crippen LogP contribution in [0.2, 0.25) is 5.02 Å². The summed E-state index contributed by atoms with van der Waals surface area (Å²) in [7, 11) is 1.62. The molecule has 0 spiro atoms. The summed E-state index contributed by atoms with van der Waals surface area (Å²) in [5.74, 6) is -0.363. The second-order valence-electron chi connectivity index (χ2n) is 5.22. The van der Waals surface area contributed by atoms with E-state index in [0.717, 1.165) is 10.2 Å². The number of hydrogen-bond donors (Lipinski definition) is 0. The molecule has 25 heavy (non-hydrogen) atoms. The molecule has 0 radical (unpaired) electrons. The van der Waals surface area contributed by atoms with Crippen molar-refractivity contribution in [2.24, 2.45) is 4.99 Å². The second-order valence-corrected chi connectivity index (χ2v) is 6.64. The Morgan fingerprint density at radius 1 is 1.32 bits per heavy atom. The number of amides is 1. The summed E-state index contributed by atoms with van der Waals surface area (Å²) >= 11 is 7.73. The highest BCUT2D eigenvalue weighted by atomic mass is 35.5. The highest BCUT2D eigenvalue weighted by Gasteiger charge is 2.11. The van der Waals surface area contributed by atoms with Crippen molar-refractivity contribution in [3.8, 4) is 6.07 Å². The number of methoxy groups -OCH3 is 1. The first kappa shape index (κ1) is 17.4. The topological polar surface area (TPSA) is 67.4 Å². The van der Waals surface area contributed by atoms with E-state index in [9.17, 15) is 4.79 Å². The number of benzene rings is 2. The molecule has 0 aliphatic heterocycles.